The van der Waals surface area contributed by atoms with Gasteiger partial charge >= 0.3 is 0 Å². The molecule has 0 amide bonds. The Labute approximate surface area is 349 Å². The summed E-state index contributed by atoms with van der Waals surface area (Å²) in [4.78, 5) is 13.8. The Morgan fingerprint density at radius 2 is 1.18 bits per heavy atom. The number of benzene rings is 6. The molecule has 9 aromatic rings. The number of aromatic nitrogens is 3. The van der Waals surface area contributed by atoms with Crippen molar-refractivity contribution in [2.24, 2.45) is 0 Å². The molecule has 0 unspecified atom stereocenters. The number of fused-ring (bicyclic) bond motifs is 3. The molecule has 0 saturated carbocycles. The summed E-state index contributed by atoms with van der Waals surface area (Å²) in [7, 11) is 0. The quantitative estimate of drug-likeness (QED) is 0.128. The van der Waals surface area contributed by atoms with Gasteiger partial charge in [0, 0.05) is 44.1 Å². The molecule has 0 fully saturated rings. The number of pyridine rings is 3. The van der Waals surface area contributed by atoms with E-state index in [0.29, 0.717) is 0 Å². The van der Waals surface area contributed by atoms with Gasteiger partial charge in [0.2, 0.25) is 0 Å². The molecule has 0 saturated heterocycles. The molecule has 0 aliphatic rings. The van der Waals surface area contributed by atoms with E-state index >= 15 is 0 Å². The van der Waals surface area contributed by atoms with Crippen molar-refractivity contribution < 1.29 is 20.1 Å². The van der Waals surface area contributed by atoms with Gasteiger partial charge in [-0.05, 0) is 92.6 Å². The number of hydrogen-bond acceptors (Lipinski definition) is 3. The Balaban J connectivity index is 0.000000219. The van der Waals surface area contributed by atoms with Crippen LogP contribution in [0.15, 0.2) is 170 Å². The summed E-state index contributed by atoms with van der Waals surface area (Å²) in [6, 6.07) is 59.6. The van der Waals surface area contributed by atoms with Crippen molar-refractivity contribution in [3.63, 3.8) is 0 Å². The van der Waals surface area contributed by atoms with Crippen LogP contribution in [0.2, 0.25) is 0 Å². The summed E-state index contributed by atoms with van der Waals surface area (Å²) in [5.41, 5.74) is 15.8. The minimum atomic E-state index is -0.00853. The number of nitrogens with zero attached hydrogens (tertiary/aromatic N) is 3. The Morgan fingerprint density at radius 1 is 0.509 bits per heavy atom. The normalized spacial score (nSPS) is 11.1. The van der Waals surface area contributed by atoms with E-state index in [-0.39, 0.29) is 25.5 Å². The van der Waals surface area contributed by atoms with Crippen molar-refractivity contribution in [2.45, 2.75) is 40.0 Å². The zero-order valence-electron chi connectivity index (χ0n) is 32.8. The van der Waals surface area contributed by atoms with Crippen molar-refractivity contribution in [3.05, 3.63) is 199 Å². The maximum Gasteiger partial charge on any atom is 0.0714 e. The minimum absolute atomic E-state index is 0. The third kappa shape index (κ3) is 8.54. The third-order valence-corrected chi connectivity index (χ3v) is 10.2. The van der Waals surface area contributed by atoms with Crippen LogP contribution in [0.25, 0.3) is 77.6 Å². The molecule has 3 aromatic heterocycles. The van der Waals surface area contributed by atoms with Gasteiger partial charge in [-0.3, -0.25) is 4.98 Å². The molecule has 3 heterocycles. The number of hydrogen-bond donors (Lipinski definition) is 0. The molecule has 1 radical (unpaired) electrons. The molecule has 0 atom stereocenters. The second-order valence-electron chi connectivity index (χ2n) is 15.3. The van der Waals surface area contributed by atoms with Gasteiger partial charge in [-0.2, -0.15) is 0 Å². The fourth-order valence-corrected chi connectivity index (χ4v) is 7.25. The van der Waals surface area contributed by atoms with Gasteiger partial charge in [0.15, 0.2) is 0 Å². The second-order valence-corrected chi connectivity index (χ2v) is 15.3. The summed E-state index contributed by atoms with van der Waals surface area (Å²) in [5.74, 6) is 0. The van der Waals surface area contributed by atoms with Crippen molar-refractivity contribution in [1.29, 1.82) is 0 Å². The summed E-state index contributed by atoms with van der Waals surface area (Å²) >= 11 is 0. The summed E-state index contributed by atoms with van der Waals surface area (Å²) < 4.78 is 0. The van der Waals surface area contributed by atoms with Crippen LogP contribution in [-0.4, -0.2) is 15.0 Å². The number of aryl methyl sites for hydroxylation is 2. The molecule has 281 valence electrons. The summed E-state index contributed by atoms with van der Waals surface area (Å²) in [5, 5.41) is 3.68. The smallest absolute Gasteiger partial charge is 0.0714 e. The van der Waals surface area contributed by atoms with Crippen molar-refractivity contribution >= 4 is 21.7 Å². The predicted molar refractivity (Wildman–Crippen MR) is 234 cm³/mol. The Morgan fingerprint density at radius 3 is 1.88 bits per heavy atom. The first-order valence-electron chi connectivity index (χ1n) is 19.1. The SMILES string of the molecule is Cc1cnc2cc(-c3cc(-c4cc(-c5ccccn5)[c-]cc4C)cc(C(C)(C)C)c3)c3ccccc3c2c1.[Ir].[c-]1cccc(-c2ccccc2)c1-c1ccccn1. The van der Waals surface area contributed by atoms with Crippen LogP contribution in [0.4, 0.5) is 0 Å². The van der Waals surface area contributed by atoms with E-state index in [0.717, 1.165) is 33.6 Å². The van der Waals surface area contributed by atoms with Gasteiger partial charge in [0.05, 0.1) is 5.52 Å². The molecule has 0 aliphatic heterocycles. The van der Waals surface area contributed by atoms with Crippen molar-refractivity contribution in [1.82, 2.24) is 15.0 Å². The van der Waals surface area contributed by atoms with Crippen LogP contribution in [0.1, 0.15) is 37.5 Å². The Kier molecular flexibility index (Phi) is 11.7. The van der Waals surface area contributed by atoms with Gasteiger partial charge in [0.1, 0.15) is 0 Å². The molecule has 0 spiro atoms. The first-order valence-corrected chi connectivity index (χ1v) is 19.1. The third-order valence-electron chi connectivity index (χ3n) is 10.2. The van der Waals surface area contributed by atoms with E-state index in [9.17, 15) is 0 Å². The monoisotopic (exact) mass is 914 g/mol. The molecule has 0 aliphatic carbocycles. The van der Waals surface area contributed by atoms with Gasteiger partial charge in [-0.15, -0.1) is 59.2 Å². The first kappa shape index (κ1) is 39.2. The van der Waals surface area contributed by atoms with Crippen molar-refractivity contribution in [3.8, 4) is 55.9 Å². The van der Waals surface area contributed by atoms with Gasteiger partial charge in [0.25, 0.3) is 0 Å². The Bertz CT molecular complexity index is 2730. The Hall–Kier alpha value is -6.06. The van der Waals surface area contributed by atoms with Gasteiger partial charge in [-0.25, -0.2) is 0 Å². The van der Waals surface area contributed by atoms with Gasteiger partial charge in [-0.1, -0.05) is 135 Å². The zero-order chi connectivity index (χ0) is 38.6. The van der Waals surface area contributed by atoms with E-state index in [4.69, 9.17) is 4.98 Å². The van der Waals surface area contributed by atoms with Crippen molar-refractivity contribution in [2.75, 3.05) is 0 Å². The first-order chi connectivity index (χ1) is 27.2. The minimum Gasteiger partial charge on any atom is -0.305 e. The summed E-state index contributed by atoms with van der Waals surface area (Å²) in [6.07, 6.45) is 5.60. The second kappa shape index (κ2) is 17.0. The topological polar surface area (TPSA) is 38.7 Å². The fraction of sp³-hybridized carbons (Fsp3) is 0.113. The van der Waals surface area contributed by atoms with Crippen LogP contribution in [0.5, 0.6) is 0 Å². The van der Waals surface area contributed by atoms with Gasteiger partial charge < -0.3 is 9.97 Å². The van der Waals surface area contributed by atoms with E-state index in [1.54, 1.807) is 0 Å². The van der Waals surface area contributed by atoms with E-state index in [2.05, 4.69) is 142 Å². The van der Waals surface area contributed by atoms with Crippen LogP contribution >= 0.6 is 0 Å². The van der Waals surface area contributed by atoms with E-state index in [1.165, 1.54) is 60.7 Å². The molecule has 6 aromatic carbocycles. The molecular weight excluding hydrogens is 871 g/mol. The summed E-state index contributed by atoms with van der Waals surface area (Å²) in [6.45, 7) is 11.1. The molecule has 57 heavy (non-hydrogen) atoms. The maximum atomic E-state index is 4.82. The zero-order valence-corrected chi connectivity index (χ0v) is 35.2. The van der Waals surface area contributed by atoms with Crippen LogP contribution in [0.3, 0.4) is 0 Å². The van der Waals surface area contributed by atoms with Crippen LogP contribution in [-0.2, 0) is 25.5 Å². The van der Waals surface area contributed by atoms with E-state index < -0.39 is 0 Å². The average molecular weight is 914 g/mol. The predicted octanol–water partition coefficient (Wildman–Crippen LogP) is 13.7. The molecule has 4 heteroatoms. The maximum absolute atomic E-state index is 4.82. The molecule has 0 N–H and O–H groups in total. The van der Waals surface area contributed by atoms with Crippen LogP contribution < -0.4 is 0 Å². The molecular formula is C53H43IrN3-2. The fourth-order valence-electron chi connectivity index (χ4n) is 7.25. The molecule has 3 nitrogen and oxygen atoms in total. The molecule has 0 bridgehead atoms. The average Bonchev–Trinajstić information content (AvgIpc) is 3.24. The largest absolute Gasteiger partial charge is 0.305 e. The molecule has 9 rings (SSSR count). The van der Waals surface area contributed by atoms with E-state index in [1.807, 2.05) is 85.3 Å². The standard InChI is InChI=1S/C36H31N2.C17H12N.Ir/c1-23-16-33-30-11-7-6-10-29(30)32(21-35(33)38-22-23)27-17-26(18-28(19-27)36(3,4)5)31-20-25(14-13-24(31)2)34-12-8-9-15-37-34;1-2-8-14(9-3-1)15-10-4-5-11-16(15)17-12-6-7-13-18-17;/h6-13,15-22H,1-5H3;1-10,12-13H;/q2*-1;. The van der Waals surface area contributed by atoms with Crippen LogP contribution in [0, 0.1) is 26.0 Å². The number of rotatable bonds is 5.